The number of carbonyl (C=O) groups is 4. The molecule has 7 rings (SSSR count). The Kier molecular flexibility index (Phi) is 12.6. The average molecular weight is 864 g/mol. The standard InChI is InChI=1S/C43H52F3N9O5S/c1-24-18-29(19-25(2)53(24)23-36(57)49-33-10-6-9-30-37(51-52(5)38(30)33)31-15-16-35(56)50-39(31)58)60-17-7-8-26-11-13-27(14-12-26)55-41(61)54(40(59)42(55,3)4)28-20-32(43(44,45)46)34(21-47)48-22-28/h6,9-10,20,22,24-27,29,31H,7-8,11-19,23H2,1-5H3,(H,49,57)(H,50,56,58)/t24-,25+,26-,27-,29+,31?. The number of piperidine rings is 2. The van der Waals surface area contributed by atoms with Gasteiger partial charge in [0.05, 0.1) is 52.9 Å². The van der Waals surface area contributed by atoms with E-state index in [1.807, 2.05) is 23.1 Å². The summed E-state index contributed by atoms with van der Waals surface area (Å²) in [6, 6.07) is 7.97. The van der Waals surface area contributed by atoms with Gasteiger partial charge < -0.3 is 15.0 Å². The highest BCUT2D eigenvalue weighted by molar-refractivity contribution is 7.80. The van der Waals surface area contributed by atoms with E-state index in [0.29, 0.717) is 35.8 Å². The Hall–Kier alpha value is -4.99. The van der Waals surface area contributed by atoms with Crippen molar-refractivity contribution < 1.29 is 37.1 Å². The van der Waals surface area contributed by atoms with E-state index in [2.05, 4.69) is 39.5 Å². The second-order valence-corrected chi connectivity index (χ2v) is 17.8. The monoisotopic (exact) mass is 863 g/mol. The van der Waals surface area contributed by atoms with E-state index in [4.69, 9.17) is 17.0 Å². The quantitative estimate of drug-likeness (QED) is 0.126. The number of likely N-dealkylation sites (tertiary alicyclic amines) is 1. The maximum atomic E-state index is 13.7. The molecule has 3 saturated heterocycles. The van der Waals surface area contributed by atoms with Crippen molar-refractivity contribution in [1.29, 1.82) is 5.26 Å². The van der Waals surface area contributed by atoms with Crippen LogP contribution in [0.25, 0.3) is 10.9 Å². The largest absolute Gasteiger partial charge is 0.419 e. The van der Waals surface area contributed by atoms with Gasteiger partial charge in [-0.1, -0.05) is 12.1 Å². The fraction of sp³-hybridized carbons (Fsp3) is 0.581. The van der Waals surface area contributed by atoms with E-state index in [-0.39, 0.29) is 65.7 Å². The normalized spacial score (nSPS) is 26.1. The molecule has 61 heavy (non-hydrogen) atoms. The molecule has 1 aromatic carbocycles. The number of hydrogen-bond donors (Lipinski definition) is 2. The van der Waals surface area contributed by atoms with E-state index in [9.17, 15) is 37.6 Å². The fourth-order valence-electron chi connectivity index (χ4n) is 9.89. The Balaban J connectivity index is 0.861. The summed E-state index contributed by atoms with van der Waals surface area (Å²) in [5.74, 6) is -1.29. The number of thiocarbonyl (C=S) groups is 1. The predicted molar refractivity (Wildman–Crippen MR) is 224 cm³/mol. The van der Waals surface area contributed by atoms with E-state index in [1.165, 1.54) is 6.07 Å². The zero-order valence-electron chi connectivity index (χ0n) is 35.1. The third kappa shape index (κ3) is 8.87. The van der Waals surface area contributed by atoms with Gasteiger partial charge in [0.1, 0.15) is 11.6 Å². The number of hydrogen-bond acceptors (Lipinski definition) is 10. The van der Waals surface area contributed by atoms with Gasteiger partial charge in [-0.15, -0.1) is 0 Å². The van der Waals surface area contributed by atoms with Gasteiger partial charge in [-0.2, -0.15) is 23.5 Å². The number of halogens is 3. The summed E-state index contributed by atoms with van der Waals surface area (Å²) in [5.41, 5.74) is -1.23. The Bertz CT molecular complexity index is 2250. The first-order chi connectivity index (χ1) is 28.9. The van der Waals surface area contributed by atoms with Gasteiger partial charge in [-0.3, -0.25) is 39.0 Å². The van der Waals surface area contributed by atoms with Crippen LogP contribution in [0.1, 0.15) is 115 Å². The zero-order valence-corrected chi connectivity index (χ0v) is 35.9. The molecule has 4 atom stereocenters. The number of para-hydroxylation sites is 1. The lowest BCUT2D eigenvalue weighted by Crippen LogP contribution is -2.51. The number of nitrogens with one attached hydrogen (secondary N) is 2. The molecule has 4 fully saturated rings. The number of amides is 4. The van der Waals surface area contributed by atoms with Gasteiger partial charge in [0.25, 0.3) is 5.91 Å². The molecule has 18 heteroatoms. The lowest BCUT2D eigenvalue weighted by Gasteiger charge is -2.42. The SMILES string of the molecule is C[C@@H]1C[C@H](OCCC[C@H]2CC[C@H](N3C(=S)N(c4cnc(C#N)c(C(F)(F)F)c4)C(=O)C3(C)C)CC2)C[C@H](C)N1CC(=O)Nc1cccc2c(C3CCC(=O)NC3=O)nn(C)c12. The van der Waals surface area contributed by atoms with Crippen LogP contribution in [0.2, 0.25) is 0 Å². The van der Waals surface area contributed by atoms with Gasteiger partial charge in [0.15, 0.2) is 10.8 Å². The second-order valence-electron chi connectivity index (χ2n) is 17.5. The minimum absolute atomic E-state index is 0.0469. The Morgan fingerprint density at radius 2 is 1.80 bits per heavy atom. The number of fused-ring (bicyclic) bond motifs is 1. The Morgan fingerprint density at radius 1 is 1.10 bits per heavy atom. The molecule has 1 unspecified atom stereocenters. The van der Waals surface area contributed by atoms with Crippen LogP contribution in [0, 0.1) is 17.2 Å². The van der Waals surface area contributed by atoms with Crippen molar-refractivity contribution in [3.8, 4) is 6.07 Å². The summed E-state index contributed by atoms with van der Waals surface area (Å²) < 4.78 is 49.2. The topological polar surface area (TPSA) is 166 Å². The first-order valence-corrected chi connectivity index (χ1v) is 21.4. The highest BCUT2D eigenvalue weighted by atomic mass is 32.1. The van der Waals surface area contributed by atoms with Crippen LogP contribution in [-0.4, -0.2) is 96.2 Å². The minimum Gasteiger partial charge on any atom is -0.378 e. The number of nitrogens with zero attached hydrogens (tertiary/aromatic N) is 7. The zero-order chi connectivity index (χ0) is 44.0. The highest BCUT2D eigenvalue weighted by Gasteiger charge is 2.53. The molecular formula is C43H52F3N9O5S. The third-order valence-electron chi connectivity index (χ3n) is 13.0. The molecule has 326 valence electrons. The fourth-order valence-corrected chi connectivity index (χ4v) is 10.5. The average Bonchev–Trinajstić information content (AvgIpc) is 3.62. The van der Waals surface area contributed by atoms with Crippen molar-refractivity contribution in [2.24, 2.45) is 13.0 Å². The number of carbonyl (C=O) groups excluding carboxylic acids is 4. The number of aromatic nitrogens is 3. The number of benzene rings is 1. The second kappa shape index (κ2) is 17.4. The molecule has 14 nitrogen and oxygen atoms in total. The van der Waals surface area contributed by atoms with Crippen molar-refractivity contribution in [3.05, 3.63) is 47.4 Å². The third-order valence-corrected chi connectivity index (χ3v) is 13.3. The van der Waals surface area contributed by atoms with Crippen molar-refractivity contribution in [2.45, 2.75) is 134 Å². The molecule has 3 aromatic rings. The lowest BCUT2D eigenvalue weighted by atomic mass is 9.82. The number of alkyl halides is 3. The molecule has 0 bridgehead atoms. The summed E-state index contributed by atoms with van der Waals surface area (Å²) in [6.45, 7) is 8.55. The Labute approximate surface area is 358 Å². The van der Waals surface area contributed by atoms with Gasteiger partial charge in [0, 0.05) is 43.6 Å². The van der Waals surface area contributed by atoms with Crippen LogP contribution in [0.4, 0.5) is 24.5 Å². The molecule has 0 radical (unpaired) electrons. The first kappa shape index (κ1) is 44.1. The van der Waals surface area contributed by atoms with E-state index in [0.717, 1.165) is 73.9 Å². The molecule has 5 heterocycles. The molecule has 1 aliphatic carbocycles. The van der Waals surface area contributed by atoms with Crippen LogP contribution in [0.15, 0.2) is 30.5 Å². The van der Waals surface area contributed by atoms with Crippen molar-refractivity contribution >= 4 is 63.2 Å². The Morgan fingerprint density at radius 3 is 2.46 bits per heavy atom. The summed E-state index contributed by atoms with van der Waals surface area (Å²) in [5, 5.41) is 20.2. The van der Waals surface area contributed by atoms with E-state index >= 15 is 0 Å². The minimum atomic E-state index is -4.82. The van der Waals surface area contributed by atoms with Crippen LogP contribution < -0.4 is 15.5 Å². The van der Waals surface area contributed by atoms with E-state index in [1.54, 1.807) is 25.6 Å². The maximum absolute atomic E-state index is 13.7. The lowest BCUT2D eigenvalue weighted by molar-refractivity contribution is -0.138. The molecule has 1 saturated carbocycles. The van der Waals surface area contributed by atoms with Crippen molar-refractivity contribution in [2.75, 3.05) is 23.4 Å². The van der Waals surface area contributed by atoms with Crippen LogP contribution in [-0.2, 0) is 37.1 Å². The number of imide groups is 1. The predicted octanol–water partition coefficient (Wildman–Crippen LogP) is 6.33. The van der Waals surface area contributed by atoms with Crippen LogP contribution in [0.3, 0.4) is 0 Å². The summed E-state index contributed by atoms with van der Waals surface area (Å²) in [7, 11) is 1.78. The number of anilines is 2. The summed E-state index contributed by atoms with van der Waals surface area (Å²) >= 11 is 5.74. The van der Waals surface area contributed by atoms with Crippen LogP contribution in [0.5, 0.6) is 0 Å². The number of nitriles is 1. The van der Waals surface area contributed by atoms with Gasteiger partial charge in [-0.05, 0) is 116 Å². The number of pyridine rings is 1. The molecular weight excluding hydrogens is 812 g/mol. The van der Waals surface area contributed by atoms with E-state index < -0.39 is 34.8 Å². The molecule has 0 spiro atoms. The first-order valence-electron chi connectivity index (χ1n) is 21.0. The molecule has 2 N–H and O–H groups in total. The number of aryl methyl sites for hydroxylation is 1. The summed E-state index contributed by atoms with van der Waals surface area (Å²) in [6.07, 6.45) is 3.90. The molecule has 3 aliphatic heterocycles. The number of ether oxygens (including phenoxy) is 1. The summed E-state index contributed by atoms with van der Waals surface area (Å²) in [4.78, 5) is 60.3. The molecule has 4 aliphatic rings. The highest BCUT2D eigenvalue weighted by Crippen LogP contribution is 2.41. The van der Waals surface area contributed by atoms with Crippen LogP contribution >= 0.6 is 12.2 Å². The van der Waals surface area contributed by atoms with Gasteiger partial charge in [0.2, 0.25) is 17.7 Å². The number of rotatable bonds is 11. The van der Waals surface area contributed by atoms with Gasteiger partial charge >= 0.3 is 6.18 Å². The van der Waals surface area contributed by atoms with Gasteiger partial charge in [-0.25, -0.2) is 4.98 Å². The molecule has 2 aromatic heterocycles. The smallest absolute Gasteiger partial charge is 0.378 e. The maximum Gasteiger partial charge on any atom is 0.419 e. The van der Waals surface area contributed by atoms with Crippen molar-refractivity contribution in [3.63, 3.8) is 0 Å². The molecule has 4 amide bonds. The van der Waals surface area contributed by atoms with Crippen molar-refractivity contribution in [1.82, 2.24) is 29.9 Å².